The zero-order chi connectivity index (χ0) is 23.4. The van der Waals surface area contributed by atoms with Gasteiger partial charge in [0.25, 0.3) is 5.91 Å². The van der Waals surface area contributed by atoms with Gasteiger partial charge in [-0.05, 0) is 35.4 Å². The molecule has 2 aromatic carbocycles. The summed E-state index contributed by atoms with van der Waals surface area (Å²) in [6.07, 6.45) is 2.68. The second kappa shape index (κ2) is 9.25. The quantitative estimate of drug-likeness (QED) is 0.314. The molecule has 166 valence electrons. The second-order valence-corrected chi connectivity index (χ2v) is 8.60. The smallest absolute Gasteiger partial charge is 0.356 e. The Kier molecular flexibility index (Phi) is 6.23. The summed E-state index contributed by atoms with van der Waals surface area (Å²) in [5, 5.41) is 20.7. The van der Waals surface area contributed by atoms with Gasteiger partial charge in [-0.25, -0.2) is 4.98 Å². The molecule has 2 heterocycles. The van der Waals surface area contributed by atoms with E-state index in [4.69, 9.17) is 0 Å². The van der Waals surface area contributed by atoms with Gasteiger partial charge >= 0.3 is 7.60 Å². The lowest BCUT2D eigenvalue weighted by molar-refractivity contribution is 0.0939. The zero-order valence-electron chi connectivity index (χ0n) is 17.0. The summed E-state index contributed by atoms with van der Waals surface area (Å²) >= 11 is 0. The first-order chi connectivity index (χ1) is 15.8. The second-order valence-electron chi connectivity index (χ2n) is 6.99. The molecule has 4 N–H and O–H groups in total. The van der Waals surface area contributed by atoms with E-state index < -0.39 is 25.4 Å². The molecule has 4 rings (SSSR count). The lowest BCUT2D eigenvalue weighted by atomic mass is 9.98. The molecule has 0 aliphatic rings. The van der Waals surface area contributed by atoms with E-state index in [1.165, 1.54) is 36.7 Å². The fourth-order valence-corrected chi connectivity index (χ4v) is 3.69. The molecule has 0 spiro atoms. The maximum Gasteiger partial charge on any atom is 0.356 e. The van der Waals surface area contributed by atoms with E-state index >= 15 is 0 Å². The molecule has 1 unspecified atom stereocenters. The Morgan fingerprint density at radius 1 is 0.939 bits per heavy atom. The molecule has 2 aromatic heterocycles. The molecule has 0 saturated heterocycles. The first-order valence-corrected chi connectivity index (χ1v) is 11.3. The van der Waals surface area contributed by atoms with Crippen LogP contribution in [-0.2, 0) is 4.57 Å². The Labute approximate surface area is 188 Å². The van der Waals surface area contributed by atoms with Crippen molar-refractivity contribution < 1.29 is 24.3 Å². The first-order valence-electron chi connectivity index (χ1n) is 9.69. The molecule has 4 aromatic rings. The molecule has 0 aliphatic heterocycles. The van der Waals surface area contributed by atoms with Crippen molar-refractivity contribution in [2.45, 2.75) is 6.04 Å². The highest BCUT2D eigenvalue weighted by Gasteiger charge is 2.23. The number of nitrogens with one attached hydrogen (secondary N) is 1. The van der Waals surface area contributed by atoms with Crippen molar-refractivity contribution in [1.29, 1.82) is 0 Å². The molecule has 1 amide bonds. The Morgan fingerprint density at radius 2 is 1.64 bits per heavy atom. The normalized spacial score (nSPS) is 12.2. The molecular weight excluding hydrogens is 445 g/mol. The highest BCUT2D eigenvalue weighted by molar-refractivity contribution is 7.60. The summed E-state index contributed by atoms with van der Waals surface area (Å²) in [5.74, 6) is -1.04. The van der Waals surface area contributed by atoms with E-state index in [-0.39, 0.29) is 16.7 Å². The largest absolute Gasteiger partial charge is 0.493 e. The topological polar surface area (TPSA) is 158 Å². The van der Waals surface area contributed by atoms with Crippen molar-refractivity contribution >= 4 is 18.8 Å². The molecule has 0 bridgehead atoms. The van der Waals surface area contributed by atoms with Crippen molar-refractivity contribution in [1.82, 2.24) is 25.5 Å². The monoisotopic (exact) mass is 463 g/mol. The minimum Gasteiger partial charge on any atom is -0.493 e. The van der Waals surface area contributed by atoms with Crippen LogP contribution >= 0.6 is 7.60 Å². The third kappa shape index (κ3) is 5.09. The molecule has 0 radical (unpaired) electrons. The van der Waals surface area contributed by atoms with Gasteiger partial charge in [-0.15, -0.1) is 5.10 Å². The minimum absolute atomic E-state index is 0.116. The van der Waals surface area contributed by atoms with E-state index in [2.05, 4.69) is 25.5 Å². The SMILES string of the molecule is O=C(NC(c1ccccc1)c1ccc(P(=O)(O)O)cc1)c1cnc(-c2cccnn2)nc1O. The van der Waals surface area contributed by atoms with Gasteiger partial charge in [0.05, 0.1) is 11.3 Å². The number of carbonyl (C=O) groups is 1. The lowest BCUT2D eigenvalue weighted by Crippen LogP contribution is -2.30. The Hall–Kier alpha value is -3.98. The first kappa shape index (κ1) is 22.2. The maximum absolute atomic E-state index is 13.0. The van der Waals surface area contributed by atoms with Crippen LogP contribution in [0.1, 0.15) is 27.5 Å². The molecule has 0 saturated carbocycles. The highest BCUT2D eigenvalue weighted by atomic mass is 31.2. The minimum atomic E-state index is -4.40. The number of benzene rings is 2. The van der Waals surface area contributed by atoms with Gasteiger partial charge in [0.15, 0.2) is 5.82 Å². The van der Waals surface area contributed by atoms with Crippen molar-refractivity contribution in [3.05, 3.63) is 95.8 Å². The Balaban J connectivity index is 1.64. The van der Waals surface area contributed by atoms with Crippen LogP contribution in [0, 0.1) is 0 Å². The van der Waals surface area contributed by atoms with E-state index in [0.29, 0.717) is 11.3 Å². The lowest BCUT2D eigenvalue weighted by Gasteiger charge is -2.20. The van der Waals surface area contributed by atoms with Crippen LogP contribution in [0.3, 0.4) is 0 Å². The number of aromatic hydroxyl groups is 1. The van der Waals surface area contributed by atoms with Crippen LogP contribution in [0.5, 0.6) is 5.88 Å². The van der Waals surface area contributed by atoms with Gasteiger partial charge in [-0.1, -0.05) is 42.5 Å². The van der Waals surface area contributed by atoms with Crippen LogP contribution in [-0.4, -0.2) is 41.0 Å². The van der Waals surface area contributed by atoms with Gasteiger partial charge < -0.3 is 20.2 Å². The van der Waals surface area contributed by atoms with Crippen molar-refractivity contribution in [3.63, 3.8) is 0 Å². The molecule has 0 aliphatic carbocycles. The molecule has 1 atom stereocenters. The zero-order valence-corrected chi connectivity index (χ0v) is 17.9. The molecular formula is C22H18N5O5P. The van der Waals surface area contributed by atoms with Crippen LogP contribution in [0.4, 0.5) is 0 Å². The average molecular weight is 463 g/mol. The van der Waals surface area contributed by atoms with Gasteiger partial charge in [0.1, 0.15) is 11.3 Å². The van der Waals surface area contributed by atoms with Gasteiger partial charge in [0.2, 0.25) is 5.88 Å². The average Bonchev–Trinajstić information content (AvgIpc) is 2.83. The predicted octanol–water partition coefficient (Wildman–Crippen LogP) is 1.96. The van der Waals surface area contributed by atoms with E-state index in [9.17, 15) is 24.3 Å². The number of hydrogen-bond acceptors (Lipinski definition) is 7. The highest BCUT2D eigenvalue weighted by Crippen LogP contribution is 2.34. The number of amides is 1. The number of nitrogens with zero attached hydrogens (tertiary/aromatic N) is 4. The van der Waals surface area contributed by atoms with Crippen molar-refractivity contribution in [2.75, 3.05) is 0 Å². The number of hydrogen-bond donors (Lipinski definition) is 4. The summed E-state index contributed by atoms with van der Waals surface area (Å²) in [6.45, 7) is 0. The third-order valence-electron chi connectivity index (χ3n) is 4.79. The maximum atomic E-state index is 13.0. The van der Waals surface area contributed by atoms with Gasteiger partial charge in [-0.3, -0.25) is 9.36 Å². The molecule has 11 heteroatoms. The Morgan fingerprint density at radius 3 is 2.24 bits per heavy atom. The van der Waals surface area contributed by atoms with Crippen molar-refractivity contribution in [2.24, 2.45) is 0 Å². The van der Waals surface area contributed by atoms with E-state index in [0.717, 1.165) is 5.56 Å². The summed E-state index contributed by atoms with van der Waals surface area (Å²) in [6, 6.07) is 17.3. The Bertz CT molecular complexity index is 1310. The fourth-order valence-electron chi connectivity index (χ4n) is 3.15. The molecule has 10 nitrogen and oxygen atoms in total. The standard InChI is InChI=1S/C22H18N5O5P/c28-21(17-13-23-20(26-22(17)29)18-7-4-12-24-27-18)25-19(14-5-2-1-3-6-14)15-8-10-16(11-9-15)33(30,31)32/h1-13,19H,(H,25,28)(H,23,26,29)(H2,30,31,32). The van der Waals surface area contributed by atoms with Gasteiger partial charge in [-0.2, -0.15) is 10.1 Å². The molecule has 0 fully saturated rings. The summed E-state index contributed by atoms with van der Waals surface area (Å²) in [5.41, 5.74) is 1.51. The van der Waals surface area contributed by atoms with Crippen LogP contribution < -0.4 is 10.6 Å². The summed E-state index contributed by atoms with van der Waals surface area (Å²) in [7, 11) is -4.40. The van der Waals surface area contributed by atoms with E-state index in [1.807, 2.05) is 6.07 Å². The molecule has 33 heavy (non-hydrogen) atoms. The van der Waals surface area contributed by atoms with Crippen LogP contribution in [0.2, 0.25) is 0 Å². The number of rotatable bonds is 6. The van der Waals surface area contributed by atoms with E-state index in [1.54, 1.807) is 36.4 Å². The van der Waals surface area contributed by atoms with Crippen LogP contribution in [0.25, 0.3) is 11.5 Å². The number of carbonyl (C=O) groups excluding carboxylic acids is 1. The number of aromatic nitrogens is 4. The summed E-state index contributed by atoms with van der Waals surface area (Å²) < 4.78 is 11.5. The fraction of sp³-hybridized carbons (Fsp3) is 0.0455. The van der Waals surface area contributed by atoms with Crippen LogP contribution in [0.15, 0.2) is 79.1 Å². The van der Waals surface area contributed by atoms with Crippen molar-refractivity contribution in [3.8, 4) is 17.4 Å². The van der Waals surface area contributed by atoms with Gasteiger partial charge in [0, 0.05) is 12.4 Å². The predicted molar refractivity (Wildman–Crippen MR) is 119 cm³/mol. The third-order valence-corrected chi connectivity index (χ3v) is 5.76. The summed E-state index contributed by atoms with van der Waals surface area (Å²) in [4.78, 5) is 39.8.